The van der Waals surface area contributed by atoms with Gasteiger partial charge in [-0.25, -0.2) is 9.59 Å². The molecule has 2 aliphatic heterocycles. The Bertz CT molecular complexity index is 788. The van der Waals surface area contributed by atoms with Crippen LogP contribution in [0.5, 0.6) is 5.75 Å². The van der Waals surface area contributed by atoms with E-state index >= 15 is 0 Å². The minimum Gasteiger partial charge on any atom is -0.496 e. The molecule has 132 valence electrons. The first kappa shape index (κ1) is 16.8. The zero-order valence-electron chi connectivity index (χ0n) is 14.1. The number of carboxylic acid groups (broad SMARTS) is 1. The highest BCUT2D eigenvalue weighted by Crippen LogP contribution is 2.39. The molecule has 2 aliphatic rings. The number of carbonyl (C=O) groups excluding carboxylic acids is 2. The van der Waals surface area contributed by atoms with E-state index in [1.807, 2.05) is 0 Å². The fourth-order valence-corrected chi connectivity index (χ4v) is 3.17. The standard InChI is InChI=1S/C17H19N3O5/c1-9(16(22)23)20-8-11-13(15(20)21)14(18-17(24)19(11)2)10-6-4-5-7-12(10)25-3/h4-7,9,14H,8H2,1-3H3,(H,18,24)(H,22,23). The van der Waals surface area contributed by atoms with E-state index in [0.717, 1.165) is 0 Å². The quantitative estimate of drug-likeness (QED) is 0.847. The molecular weight excluding hydrogens is 326 g/mol. The first-order valence-corrected chi connectivity index (χ1v) is 7.80. The lowest BCUT2D eigenvalue weighted by Crippen LogP contribution is -2.45. The topological polar surface area (TPSA) is 99.2 Å². The number of likely N-dealkylation sites (N-methyl/N-ethyl adjacent to an activating group) is 1. The summed E-state index contributed by atoms with van der Waals surface area (Å²) in [6, 6.07) is 5.08. The number of nitrogens with zero attached hydrogens (tertiary/aromatic N) is 2. The minimum atomic E-state index is -1.09. The van der Waals surface area contributed by atoms with Crippen molar-refractivity contribution < 1.29 is 24.2 Å². The SMILES string of the molecule is COc1ccccc1C1NC(=O)N(C)C2=C1C(=O)N(C(C)C(=O)O)C2. The van der Waals surface area contributed by atoms with Gasteiger partial charge in [0.1, 0.15) is 11.8 Å². The molecule has 2 N–H and O–H groups in total. The summed E-state index contributed by atoms with van der Waals surface area (Å²) in [5.74, 6) is -0.946. The predicted molar refractivity (Wildman–Crippen MR) is 87.9 cm³/mol. The number of benzene rings is 1. The number of para-hydroxylation sites is 1. The lowest BCUT2D eigenvalue weighted by molar-refractivity contribution is -0.147. The summed E-state index contributed by atoms with van der Waals surface area (Å²) in [6.07, 6.45) is 0. The second-order valence-electron chi connectivity index (χ2n) is 5.99. The van der Waals surface area contributed by atoms with Crippen LogP contribution in [-0.2, 0) is 9.59 Å². The van der Waals surface area contributed by atoms with Crippen LogP contribution >= 0.6 is 0 Å². The monoisotopic (exact) mass is 345 g/mol. The highest BCUT2D eigenvalue weighted by molar-refractivity contribution is 6.03. The Hall–Kier alpha value is -3.03. The van der Waals surface area contributed by atoms with Crippen LogP contribution in [0.3, 0.4) is 0 Å². The number of aliphatic carboxylic acids is 1. The van der Waals surface area contributed by atoms with Gasteiger partial charge in [0.05, 0.1) is 31.0 Å². The van der Waals surface area contributed by atoms with Crippen molar-refractivity contribution in [3.63, 3.8) is 0 Å². The Balaban J connectivity index is 2.08. The number of ether oxygens (including phenoxy) is 1. The van der Waals surface area contributed by atoms with Crippen molar-refractivity contribution >= 4 is 17.9 Å². The number of carboxylic acids is 1. The fraction of sp³-hybridized carbons (Fsp3) is 0.353. The minimum absolute atomic E-state index is 0.0806. The molecule has 8 nitrogen and oxygen atoms in total. The third-order valence-corrected chi connectivity index (χ3v) is 4.66. The van der Waals surface area contributed by atoms with Crippen LogP contribution < -0.4 is 10.1 Å². The first-order valence-electron chi connectivity index (χ1n) is 7.80. The molecular formula is C17H19N3O5. The summed E-state index contributed by atoms with van der Waals surface area (Å²) in [6.45, 7) is 1.53. The number of amides is 3. The van der Waals surface area contributed by atoms with E-state index in [1.165, 1.54) is 23.8 Å². The van der Waals surface area contributed by atoms with Crippen molar-refractivity contribution in [3.8, 4) is 5.75 Å². The molecule has 0 fully saturated rings. The van der Waals surface area contributed by atoms with Crippen molar-refractivity contribution in [1.82, 2.24) is 15.1 Å². The third-order valence-electron chi connectivity index (χ3n) is 4.66. The molecule has 3 rings (SSSR count). The number of hydrogen-bond acceptors (Lipinski definition) is 4. The molecule has 2 heterocycles. The molecule has 3 amide bonds. The maximum absolute atomic E-state index is 12.9. The van der Waals surface area contributed by atoms with Gasteiger partial charge < -0.3 is 20.1 Å². The van der Waals surface area contributed by atoms with E-state index in [0.29, 0.717) is 22.6 Å². The van der Waals surface area contributed by atoms with Gasteiger partial charge in [0.15, 0.2) is 0 Å². The van der Waals surface area contributed by atoms with Crippen LogP contribution in [0, 0.1) is 0 Å². The second-order valence-corrected chi connectivity index (χ2v) is 5.99. The number of carbonyl (C=O) groups is 3. The average molecular weight is 345 g/mol. The number of urea groups is 1. The van der Waals surface area contributed by atoms with Gasteiger partial charge in [-0.3, -0.25) is 9.69 Å². The Morgan fingerprint density at radius 2 is 2.04 bits per heavy atom. The van der Waals surface area contributed by atoms with Crippen molar-refractivity contribution in [2.24, 2.45) is 0 Å². The molecule has 1 aromatic rings. The van der Waals surface area contributed by atoms with Gasteiger partial charge in [-0.15, -0.1) is 0 Å². The van der Waals surface area contributed by atoms with E-state index in [-0.39, 0.29) is 12.6 Å². The maximum Gasteiger partial charge on any atom is 0.326 e. The fourth-order valence-electron chi connectivity index (χ4n) is 3.17. The molecule has 0 aliphatic carbocycles. The van der Waals surface area contributed by atoms with Crippen molar-refractivity contribution in [2.45, 2.75) is 19.0 Å². The van der Waals surface area contributed by atoms with Gasteiger partial charge in [-0.1, -0.05) is 18.2 Å². The number of hydrogen-bond donors (Lipinski definition) is 2. The Morgan fingerprint density at radius 3 is 2.68 bits per heavy atom. The number of rotatable bonds is 4. The van der Waals surface area contributed by atoms with Crippen LogP contribution in [0.15, 0.2) is 35.5 Å². The van der Waals surface area contributed by atoms with Crippen LogP contribution in [0.4, 0.5) is 4.79 Å². The highest BCUT2D eigenvalue weighted by Gasteiger charge is 2.45. The van der Waals surface area contributed by atoms with E-state index in [2.05, 4.69) is 5.32 Å². The van der Waals surface area contributed by atoms with Crippen molar-refractivity contribution in [3.05, 3.63) is 41.1 Å². The summed E-state index contributed by atoms with van der Waals surface area (Å²) in [5, 5.41) is 12.1. The summed E-state index contributed by atoms with van der Waals surface area (Å²) < 4.78 is 5.35. The Morgan fingerprint density at radius 1 is 1.36 bits per heavy atom. The number of nitrogens with one attached hydrogen (secondary N) is 1. The Kier molecular flexibility index (Phi) is 4.12. The molecule has 2 unspecified atom stereocenters. The Labute approximate surface area is 144 Å². The molecule has 0 bridgehead atoms. The summed E-state index contributed by atoms with van der Waals surface area (Å²) in [7, 11) is 3.07. The molecule has 0 spiro atoms. The van der Waals surface area contributed by atoms with Crippen LogP contribution in [-0.4, -0.2) is 59.6 Å². The normalized spacial score (nSPS) is 21.2. The molecule has 0 aromatic heterocycles. The molecule has 25 heavy (non-hydrogen) atoms. The third kappa shape index (κ3) is 2.59. The van der Waals surface area contributed by atoms with E-state index in [1.54, 1.807) is 31.3 Å². The van der Waals surface area contributed by atoms with Gasteiger partial charge in [-0.2, -0.15) is 0 Å². The maximum atomic E-state index is 12.9. The van der Waals surface area contributed by atoms with Gasteiger partial charge in [0, 0.05) is 12.6 Å². The summed E-state index contributed by atoms with van der Waals surface area (Å²) >= 11 is 0. The van der Waals surface area contributed by atoms with Gasteiger partial charge in [-0.05, 0) is 13.0 Å². The van der Waals surface area contributed by atoms with Gasteiger partial charge >= 0.3 is 12.0 Å². The average Bonchev–Trinajstić information content (AvgIpc) is 2.95. The molecule has 0 saturated carbocycles. The van der Waals surface area contributed by atoms with Crippen LogP contribution in [0.25, 0.3) is 0 Å². The molecule has 8 heteroatoms. The molecule has 2 atom stereocenters. The van der Waals surface area contributed by atoms with Crippen molar-refractivity contribution in [1.29, 1.82) is 0 Å². The van der Waals surface area contributed by atoms with Crippen LogP contribution in [0.1, 0.15) is 18.5 Å². The molecule has 0 saturated heterocycles. The predicted octanol–water partition coefficient (Wildman–Crippen LogP) is 0.961. The second kappa shape index (κ2) is 6.12. The smallest absolute Gasteiger partial charge is 0.326 e. The lowest BCUT2D eigenvalue weighted by atomic mass is 9.95. The summed E-state index contributed by atoms with van der Waals surface area (Å²) in [5.41, 5.74) is 1.54. The van der Waals surface area contributed by atoms with Crippen molar-refractivity contribution in [2.75, 3.05) is 20.7 Å². The molecule has 1 aromatic carbocycles. The molecule has 0 radical (unpaired) electrons. The van der Waals surface area contributed by atoms with Gasteiger partial charge in [0.2, 0.25) is 0 Å². The zero-order chi connectivity index (χ0) is 18.3. The van der Waals surface area contributed by atoms with E-state index in [4.69, 9.17) is 4.74 Å². The number of methoxy groups -OCH3 is 1. The highest BCUT2D eigenvalue weighted by atomic mass is 16.5. The van der Waals surface area contributed by atoms with Gasteiger partial charge in [0.25, 0.3) is 5.91 Å². The lowest BCUT2D eigenvalue weighted by Gasteiger charge is -2.31. The summed E-state index contributed by atoms with van der Waals surface area (Å²) in [4.78, 5) is 39.2. The first-order chi connectivity index (χ1) is 11.9. The van der Waals surface area contributed by atoms with E-state index in [9.17, 15) is 19.5 Å². The zero-order valence-corrected chi connectivity index (χ0v) is 14.1. The van der Waals surface area contributed by atoms with E-state index < -0.39 is 24.0 Å². The largest absolute Gasteiger partial charge is 0.496 e. The van der Waals surface area contributed by atoms with Crippen LogP contribution in [0.2, 0.25) is 0 Å².